The fraction of sp³-hybridized carbons (Fsp3) is 0.0833. The zero-order valence-corrected chi connectivity index (χ0v) is 9.32. The number of aromatic nitrogens is 2. The van der Waals surface area contributed by atoms with Crippen molar-refractivity contribution >= 4 is 5.69 Å². The average molecular weight is 242 g/mol. The van der Waals surface area contributed by atoms with E-state index in [0.717, 1.165) is 0 Å². The van der Waals surface area contributed by atoms with Crippen LogP contribution < -0.4 is 5.23 Å². The molecule has 0 saturated heterocycles. The van der Waals surface area contributed by atoms with Crippen molar-refractivity contribution < 1.29 is 10.4 Å². The number of quaternary nitrogens is 1. The van der Waals surface area contributed by atoms with Crippen LogP contribution in [0.5, 0.6) is 0 Å². The van der Waals surface area contributed by atoms with Crippen LogP contribution >= 0.6 is 0 Å². The predicted octanol–water partition coefficient (Wildman–Crippen LogP) is 0.535. The molecule has 2 heterocycles. The molecule has 0 aromatic carbocycles. The summed E-state index contributed by atoms with van der Waals surface area (Å²) >= 11 is 0. The molecule has 0 aliphatic carbocycles. The van der Waals surface area contributed by atoms with Crippen molar-refractivity contribution in [2.45, 2.75) is 5.92 Å². The molecule has 0 saturated carbocycles. The number of nitrogens with one attached hydrogen (secondary N) is 1. The Bertz CT molecular complexity index is 566. The number of pyridine rings is 2. The molecule has 2 aromatic heterocycles. The molecular weight excluding hydrogens is 232 g/mol. The first-order valence-corrected chi connectivity index (χ1v) is 5.22. The summed E-state index contributed by atoms with van der Waals surface area (Å²) in [5.41, 5.74) is 0.724. The molecule has 2 atom stereocenters. The third-order valence-electron chi connectivity index (χ3n) is 2.46. The largest absolute Gasteiger partial charge is 0.595 e. The molecule has 0 bridgehead atoms. The predicted molar refractivity (Wildman–Crippen MR) is 61.7 cm³/mol. The van der Waals surface area contributed by atoms with E-state index in [-0.39, 0.29) is 11.4 Å². The van der Waals surface area contributed by atoms with Gasteiger partial charge in [0.25, 0.3) is 0 Å². The van der Waals surface area contributed by atoms with Gasteiger partial charge in [0.05, 0.1) is 11.8 Å². The lowest BCUT2D eigenvalue weighted by Crippen LogP contribution is -2.99. The molecule has 0 spiro atoms. The van der Waals surface area contributed by atoms with E-state index in [1.807, 2.05) is 6.07 Å². The Kier molecular flexibility index (Phi) is 3.60. The molecule has 0 amide bonds. The summed E-state index contributed by atoms with van der Waals surface area (Å²) in [4.78, 5) is 8.08. The standard InChI is InChI=1S/C12H10N4O2/c13-8-9(10-4-1-2-6-14-10)12-11(16(17)18)5-3-7-15-12/h1-7,9,16-17H. The highest BCUT2D eigenvalue weighted by atomic mass is 16.8. The summed E-state index contributed by atoms with van der Waals surface area (Å²) in [6, 6.07) is 10.1. The maximum Gasteiger partial charge on any atom is 0.187 e. The molecular formula is C12H10N4O2. The highest BCUT2D eigenvalue weighted by molar-refractivity contribution is 5.43. The molecule has 90 valence electrons. The van der Waals surface area contributed by atoms with Crippen LogP contribution in [-0.4, -0.2) is 15.2 Å². The number of rotatable bonds is 3. The Balaban J connectivity index is 2.50. The normalized spacial score (nSPS) is 13.6. The lowest BCUT2D eigenvalue weighted by Gasteiger charge is -2.16. The zero-order chi connectivity index (χ0) is 13.0. The van der Waals surface area contributed by atoms with Gasteiger partial charge in [0.2, 0.25) is 0 Å². The van der Waals surface area contributed by atoms with Crippen LogP contribution in [0.3, 0.4) is 0 Å². The van der Waals surface area contributed by atoms with Crippen molar-refractivity contribution in [2.75, 3.05) is 0 Å². The Hall–Kier alpha value is -2.33. The highest BCUT2D eigenvalue weighted by Crippen LogP contribution is 2.24. The quantitative estimate of drug-likeness (QED) is 0.765. The zero-order valence-electron chi connectivity index (χ0n) is 9.32. The summed E-state index contributed by atoms with van der Waals surface area (Å²) in [6.07, 6.45) is 3.03. The lowest BCUT2D eigenvalue weighted by atomic mass is 10.0. The minimum absolute atomic E-state index is 0.0229. The highest BCUT2D eigenvalue weighted by Gasteiger charge is 2.22. The average Bonchev–Trinajstić information content (AvgIpc) is 2.41. The molecule has 2 rings (SSSR count). The Morgan fingerprint density at radius 1 is 1.22 bits per heavy atom. The Morgan fingerprint density at radius 2 is 2.00 bits per heavy atom. The van der Waals surface area contributed by atoms with Crippen molar-refractivity contribution in [1.82, 2.24) is 9.97 Å². The first-order chi connectivity index (χ1) is 8.74. The second-order valence-electron chi connectivity index (χ2n) is 3.56. The second-order valence-corrected chi connectivity index (χ2v) is 3.56. The van der Waals surface area contributed by atoms with E-state index in [4.69, 9.17) is 5.21 Å². The van der Waals surface area contributed by atoms with E-state index in [1.54, 1.807) is 24.4 Å². The van der Waals surface area contributed by atoms with E-state index < -0.39 is 11.1 Å². The first-order valence-electron chi connectivity index (χ1n) is 5.22. The van der Waals surface area contributed by atoms with Gasteiger partial charge in [-0.2, -0.15) is 10.5 Å². The molecule has 0 radical (unpaired) electrons. The minimum atomic E-state index is -1.10. The fourth-order valence-electron chi connectivity index (χ4n) is 1.64. The van der Waals surface area contributed by atoms with E-state index in [9.17, 15) is 10.5 Å². The molecule has 2 N–H and O–H groups in total. The van der Waals surface area contributed by atoms with Gasteiger partial charge in [-0.3, -0.25) is 9.97 Å². The van der Waals surface area contributed by atoms with Crippen LogP contribution in [0, 0.1) is 16.5 Å². The van der Waals surface area contributed by atoms with Gasteiger partial charge >= 0.3 is 0 Å². The second kappa shape index (κ2) is 5.33. The molecule has 0 fully saturated rings. The molecule has 6 heteroatoms. The van der Waals surface area contributed by atoms with Gasteiger partial charge in [-0.15, -0.1) is 0 Å². The number of hydrogen-bond donors (Lipinski definition) is 2. The summed E-state index contributed by atoms with van der Waals surface area (Å²) in [5.74, 6) is -0.779. The smallest absolute Gasteiger partial charge is 0.187 e. The molecule has 6 nitrogen and oxygen atoms in total. The number of nitrogens with zero attached hydrogens (tertiary/aromatic N) is 3. The van der Waals surface area contributed by atoms with Gasteiger partial charge in [-0.05, 0) is 18.2 Å². The van der Waals surface area contributed by atoms with Crippen LogP contribution in [0.25, 0.3) is 0 Å². The first kappa shape index (κ1) is 12.1. The SMILES string of the molecule is N#CC(c1ccccn1)c1ncccc1[NH+]([O-])O. The summed E-state index contributed by atoms with van der Waals surface area (Å²) in [6.45, 7) is 0. The van der Waals surface area contributed by atoms with Crippen LogP contribution in [0.15, 0.2) is 42.7 Å². The van der Waals surface area contributed by atoms with E-state index >= 15 is 0 Å². The van der Waals surface area contributed by atoms with Crippen LogP contribution in [0.2, 0.25) is 0 Å². The molecule has 0 aliphatic rings. The third-order valence-corrected chi connectivity index (χ3v) is 2.46. The molecule has 2 unspecified atom stereocenters. The van der Waals surface area contributed by atoms with Crippen molar-refractivity contribution in [2.24, 2.45) is 0 Å². The van der Waals surface area contributed by atoms with Crippen molar-refractivity contribution in [3.8, 4) is 6.07 Å². The van der Waals surface area contributed by atoms with Crippen LogP contribution in [0.4, 0.5) is 5.69 Å². The maximum absolute atomic E-state index is 11.1. The Morgan fingerprint density at radius 3 is 2.61 bits per heavy atom. The van der Waals surface area contributed by atoms with Crippen molar-refractivity contribution in [1.29, 1.82) is 5.26 Å². The number of hydrogen-bond acceptors (Lipinski definition) is 5. The van der Waals surface area contributed by atoms with E-state index in [0.29, 0.717) is 5.69 Å². The van der Waals surface area contributed by atoms with Crippen LogP contribution in [0.1, 0.15) is 17.3 Å². The van der Waals surface area contributed by atoms with Gasteiger partial charge in [-0.25, -0.2) is 5.21 Å². The molecule has 18 heavy (non-hydrogen) atoms. The van der Waals surface area contributed by atoms with Crippen LogP contribution in [-0.2, 0) is 0 Å². The molecule has 2 aromatic rings. The van der Waals surface area contributed by atoms with Gasteiger partial charge in [0.15, 0.2) is 5.69 Å². The lowest BCUT2D eigenvalue weighted by molar-refractivity contribution is -0.991. The molecule has 0 aliphatic heterocycles. The van der Waals surface area contributed by atoms with Gasteiger partial charge in [-0.1, -0.05) is 6.07 Å². The van der Waals surface area contributed by atoms with E-state index in [1.165, 1.54) is 18.3 Å². The Labute approximate surface area is 103 Å². The van der Waals surface area contributed by atoms with Gasteiger partial charge in [0.1, 0.15) is 11.6 Å². The van der Waals surface area contributed by atoms with Crippen molar-refractivity contribution in [3.63, 3.8) is 0 Å². The fourth-order valence-corrected chi connectivity index (χ4v) is 1.64. The van der Waals surface area contributed by atoms with Crippen molar-refractivity contribution in [3.05, 3.63) is 59.3 Å². The summed E-state index contributed by atoms with van der Waals surface area (Å²) in [7, 11) is 0. The number of nitriles is 1. The van der Waals surface area contributed by atoms with Gasteiger partial charge in [0, 0.05) is 18.5 Å². The van der Waals surface area contributed by atoms with E-state index in [2.05, 4.69) is 9.97 Å². The maximum atomic E-state index is 11.1. The topological polar surface area (TPSA) is 97.3 Å². The van der Waals surface area contributed by atoms with Gasteiger partial charge < -0.3 is 5.21 Å². The minimum Gasteiger partial charge on any atom is -0.595 e. The summed E-state index contributed by atoms with van der Waals surface area (Å²) < 4.78 is 0. The summed E-state index contributed by atoms with van der Waals surface area (Å²) in [5, 5.41) is 28.3. The monoisotopic (exact) mass is 242 g/mol. The third kappa shape index (κ3) is 2.33.